The molecule has 0 bridgehead atoms. The number of hydrogen-bond donors (Lipinski definition) is 2. The topological polar surface area (TPSA) is 93.1 Å². The van der Waals surface area contributed by atoms with Crippen LogP contribution in [0.2, 0.25) is 0 Å². The summed E-state index contributed by atoms with van der Waals surface area (Å²) in [5.41, 5.74) is 0. The van der Waals surface area contributed by atoms with Crippen LogP contribution >= 0.6 is 0 Å². The zero-order valence-electron chi connectivity index (χ0n) is 36.4. The molecule has 0 aliphatic rings. The summed E-state index contributed by atoms with van der Waals surface area (Å²) in [6.07, 6.45) is 48.0. The molecular formula is C48H94O6. The van der Waals surface area contributed by atoms with Crippen molar-refractivity contribution in [2.75, 3.05) is 13.2 Å². The summed E-state index contributed by atoms with van der Waals surface area (Å²) in [5, 5.41) is 19.6. The minimum absolute atomic E-state index is 0.279. The standard InChI is InChI=1S/C48H94O6/c1-3-5-7-9-11-13-15-17-19-21-23-25-27-29-31-33-35-37-39-41-47(51)53-45(43-49)46(44-50)54-48(52)42-40-38-36-34-32-30-28-26-24-22-20-18-16-14-12-10-8-6-4-2/h45-46,49-50H,3-44H2,1-2H3/t45-,46+. The van der Waals surface area contributed by atoms with Crippen LogP contribution in [-0.4, -0.2) is 47.6 Å². The number of rotatable bonds is 45. The fourth-order valence-corrected chi connectivity index (χ4v) is 7.61. The molecule has 0 amide bonds. The second-order valence-electron chi connectivity index (χ2n) is 16.6. The summed E-state index contributed by atoms with van der Waals surface area (Å²) in [5.74, 6) is -0.816. The molecule has 0 fully saturated rings. The Morgan fingerprint density at radius 1 is 0.315 bits per heavy atom. The number of unbranched alkanes of at least 4 members (excludes halogenated alkanes) is 36. The summed E-state index contributed by atoms with van der Waals surface area (Å²) in [4.78, 5) is 24.8. The van der Waals surface area contributed by atoms with Crippen molar-refractivity contribution in [2.45, 2.75) is 283 Å². The molecule has 322 valence electrons. The minimum atomic E-state index is -1.03. The zero-order valence-corrected chi connectivity index (χ0v) is 36.4. The molecule has 6 heteroatoms. The molecule has 0 aliphatic heterocycles. The Morgan fingerprint density at radius 3 is 0.648 bits per heavy atom. The summed E-state index contributed by atoms with van der Waals surface area (Å²) >= 11 is 0. The van der Waals surface area contributed by atoms with E-state index in [0.717, 1.165) is 38.5 Å². The van der Waals surface area contributed by atoms with Crippen molar-refractivity contribution in [3.05, 3.63) is 0 Å². The normalized spacial score (nSPS) is 12.6. The van der Waals surface area contributed by atoms with Gasteiger partial charge >= 0.3 is 11.9 Å². The number of carbonyl (C=O) groups is 2. The average Bonchev–Trinajstić information content (AvgIpc) is 3.17. The smallest absolute Gasteiger partial charge is 0.306 e. The van der Waals surface area contributed by atoms with E-state index in [2.05, 4.69) is 13.8 Å². The van der Waals surface area contributed by atoms with E-state index < -0.39 is 37.4 Å². The van der Waals surface area contributed by atoms with Crippen LogP contribution in [0.25, 0.3) is 0 Å². The van der Waals surface area contributed by atoms with Crippen molar-refractivity contribution in [1.29, 1.82) is 0 Å². The van der Waals surface area contributed by atoms with Crippen LogP contribution in [0.15, 0.2) is 0 Å². The van der Waals surface area contributed by atoms with Gasteiger partial charge in [-0.05, 0) is 12.8 Å². The van der Waals surface area contributed by atoms with E-state index in [1.807, 2.05) is 0 Å². The molecule has 0 rings (SSSR count). The molecule has 0 saturated heterocycles. The van der Waals surface area contributed by atoms with E-state index in [9.17, 15) is 19.8 Å². The van der Waals surface area contributed by atoms with Gasteiger partial charge in [0.15, 0.2) is 12.2 Å². The first-order valence-electron chi connectivity index (χ1n) is 24.2. The summed E-state index contributed by atoms with van der Waals surface area (Å²) in [6.45, 7) is 3.59. The molecule has 0 aromatic heterocycles. The molecule has 0 aromatic rings. The quantitative estimate of drug-likeness (QED) is 0.0473. The van der Waals surface area contributed by atoms with E-state index in [4.69, 9.17) is 9.47 Å². The molecule has 0 unspecified atom stereocenters. The Balaban J connectivity index is 3.65. The van der Waals surface area contributed by atoms with Crippen LogP contribution < -0.4 is 0 Å². The molecule has 0 spiro atoms. The number of hydrogen-bond acceptors (Lipinski definition) is 6. The Kier molecular flexibility index (Phi) is 43.6. The van der Waals surface area contributed by atoms with E-state index in [1.54, 1.807) is 0 Å². The highest BCUT2D eigenvalue weighted by atomic mass is 16.6. The highest BCUT2D eigenvalue weighted by Gasteiger charge is 2.27. The van der Waals surface area contributed by atoms with Gasteiger partial charge in [-0.15, -0.1) is 0 Å². The van der Waals surface area contributed by atoms with Crippen LogP contribution in [0, 0.1) is 0 Å². The molecule has 6 nitrogen and oxygen atoms in total. The molecular weight excluding hydrogens is 673 g/mol. The average molecular weight is 767 g/mol. The third kappa shape index (κ3) is 39.1. The number of esters is 2. The van der Waals surface area contributed by atoms with Gasteiger partial charge in [0.25, 0.3) is 0 Å². The van der Waals surface area contributed by atoms with Gasteiger partial charge in [-0.25, -0.2) is 0 Å². The fraction of sp³-hybridized carbons (Fsp3) is 0.958. The van der Waals surface area contributed by atoms with Crippen molar-refractivity contribution in [3.8, 4) is 0 Å². The minimum Gasteiger partial charge on any atom is -0.456 e. The summed E-state index contributed by atoms with van der Waals surface area (Å²) in [6, 6.07) is 0. The van der Waals surface area contributed by atoms with E-state index >= 15 is 0 Å². The van der Waals surface area contributed by atoms with Crippen LogP contribution in [0.1, 0.15) is 271 Å². The highest BCUT2D eigenvalue weighted by molar-refractivity contribution is 5.70. The SMILES string of the molecule is CCCCCCCCCCCCCCCCCCCCCC(=O)O[C@@H](CO)[C@@H](CO)OC(=O)CCCCCCCCCCCCCCCCCCCCC. The predicted octanol–water partition coefficient (Wildman–Crippen LogP) is 14.4. The van der Waals surface area contributed by atoms with E-state index in [-0.39, 0.29) is 12.8 Å². The Morgan fingerprint density at radius 2 is 0.481 bits per heavy atom. The summed E-state index contributed by atoms with van der Waals surface area (Å²) < 4.78 is 10.8. The highest BCUT2D eigenvalue weighted by Crippen LogP contribution is 2.18. The Bertz CT molecular complexity index is 695. The zero-order chi connectivity index (χ0) is 39.4. The third-order valence-electron chi connectivity index (χ3n) is 11.3. The van der Waals surface area contributed by atoms with Gasteiger partial charge in [-0.2, -0.15) is 0 Å². The van der Waals surface area contributed by atoms with Gasteiger partial charge in [0.1, 0.15) is 0 Å². The van der Waals surface area contributed by atoms with Crippen molar-refractivity contribution in [1.82, 2.24) is 0 Å². The van der Waals surface area contributed by atoms with E-state index in [1.165, 1.54) is 205 Å². The van der Waals surface area contributed by atoms with Gasteiger partial charge in [-0.3, -0.25) is 9.59 Å². The Labute approximate surface area is 336 Å². The van der Waals surface area contributed by atoms with Gasteiger partial charge in [-0.1, -0.05) is 245 Å². The first-order valence-corrected chi connectivity index (χ1v) is 24.2. The van der Waals surface area contributed by atoms with Crippen molar-refractivity contribution < 1.29 is 29.3 Å². The molecule has 0 aromatic carbocycles. The fourth-order valence-electron chi connectivity index (χ4n) is 7.61. The second-order valence-corrected chi connectivity index (χ2v) is 16.6. The lowest BCUT2D eigenvalue weighted by molar-refractivity contribution is -0.174. The van der Waals surface area contributed by atoms with Crippen molar-refractivity contribution >= 4 is 11.9 Å². The molecule has 0 radical (unpaired) electrons. The van der Waals surface area contributed by atoms with Crippen LogP contribution in [0.5, 0.6) is 0 Å². The molecule has 2 atom stereocenters. The van der Waals surface area contributed by atoms with Crippen molar-refractivity contribution in [3.63, 3.8) is 0 Å². The number of ether oxygens (including phenoxy) is 2. The largest absolute Gasteiger partial charge is 0.456 e. The Hall–Kier alpha value is -1.14. The maximum Gasteiger partial charge on any atom is 0.306 e. The molecule has 0 saturated carbocycles. The lowest BCUT2D eigenvalue weighted by Crippen LogP contribution is -2.40. The first-order chi connectivity index (χ1) is 26.6. The molecule has 54 heavy (non-hydrogen) atoms. The van der Waals surface area contributed by atoms with Crippen molar-refractivity contribution in [2.24, 2.45) is 0 Å². The number of aliphatic hydroxyl groups is 2. The van der Waals surface area contributed by atoms with Crippen LogP contribution in [0.4, 0.5) is 0 Å². The monoisotopic (exact) mass is 767 g/mol. The first kappa shape index (κ1) is 52.9. The summed E-state index contributed by atoms with van der Waals surface area (Å²) in [7, 11) is 0. The number of carbonyl (C=O) groups excluding carboxylic acids is 2. The van der Waals surface area contributed by atoms with Gasteiger partial charge in [0.2, 0.25) is 0 Å². The molecule has 2 N–H and O–H groups in total. The van der Waals surface area contributed by atoms with Crippen LogP contribution in [-0.2, 0) is 19.1 Å². The van der Waals surface area contributed by atoms with Gasteiger partial charge < -0.3 is 19.7 Å². The maximum atomic E-state index is 12.4. The maximum absolute atomic E-state index is 12.4. The predicted molar refractivity (Wildman–Crippen MR) is 230 cm³/mol. The van der Waals surface area contributed by atoms with Gasteiger partial charge in [0.05, 0.1) is 13.2 Å². The number of aliphatic hydroxyl groups excluding tert-OH is 2. The second kappa shape index (κ2) is 44.6. The van der Waals surface area contributed by atoms with Gasteiger partial charge in [0, 0.05) is 12.8 Å². The van der Waals surface area contributed by atoms with E-state index in [0.29, 0.717) is 0 Å². The molecule has 0 heterocycles. The van der Waals surface area contributed by atoms with Crippen LogP contribution in [0.3, 0.4) is 0 Å². The lowest BCUT2D eigenvalue weighted by atomic mass is 10.0. The molecule has 0 aliphatic carbocycles. The third-order valence-corrected chi connectivity index (χ3v) is 11.3. The lowest BCUT2D eigenvalue weighted by Gasteiger charge is -2.24.